The van der Waals surface area contributed by atoms with Gasteiger partial charge in [0, 0.05) is 18.3 Å². The molecule has 1 aromatic carbocycles. The lowest BCUT2D eigenvalue weighted by molar-refractivity contribution is -0.143. The summed E-state index contributed by atoms with van der Waals surface area (Å²) in [7, 11) is 0. The van der Waals surface area contributed by atoms with Gasteiger partial charge in [-0.2, -0.15) is 0 Å². The number of imidazole rings is 1. The van der Waals surface area contributed by atoms with Crippen molar-refractivity contribution >= 4 is 29.7 Å². The molecule has 1 heterocycles. The van der Waals surface area contributed by atoms with Crippen molar-refractivity contribution in [1.82, 2.24) is 25.9 Å². The molecule has 15 heteroatoms. The first-order valence-electron chi connectivity index (χ1n) is 12.6. The minimum atomic E-state index is -1.63. The summed E-state index contributed by atoms with van der Waals surface area (Å²) in [5, 5.41) is 35.3. The number of carbonyl (C=O) groups excluding carboxylic acids is 3. The molecule has 0 aliphatic rings. The molecule has 218 valence electrons. The summed E-state index contributed by atoms with van der Waals surface area (Å²) in [5.74, 6) is -5.29. The summed E-state index contributed by atoms with van der Waals surface area (Å²) >= 11 is 0. The maximum Gasteiger partial charge on any atom is 0.326 e. The van der Waals surface area contributed by atoms with Gasteiger partial charge < -0.3 is 47.7 Å². The fourth-order valence-electron chi connectivity index (χ4n) is 3.76. The lowest BCUT2D eigenvalue weighted by atomic mass is 10.0. The number of aliphatic carboxylic acids is 2. The normalized spacial score (nSPS) is 13.8. The highest BCUT2D eigenvalue weighted by Gasteiger charge is 2.32. The molecule has 0 bridgehead atoms. The third kappa shape index (κ3) is 10.7. The molecule has 3 amide bonds. The van der Waals surface area contributed by atoms with Crippen molar-refractivity contribution in [3.8, 4) is 5.75 Å². The number of aromatic hydroxyl groups is 1. The number of rotatable bonds is 17. The van der Waals surface area contributed by atoms with Gasteiger partial charge >= 0.3 is 11.9 Å². The average Bonchev–Trinajstić information content (AvgIpc) is 3.41. The lowest BCUT2D eigenvalue weighted by Gasteiger charge is -2.24. The van der Waals surface area contributed by atoms with Gasteiger partial charge in [0.1, 0.15) is 23.9 Å². The van der Waals surface area contributed by atoms with Crippen LogP contribution >= 0.6 is 0 Å². The topological polar surface area (TPSA) is 263 Å². The molecule has 0 spiro atoms. The lowest BCUT2D eigenvalue weighted by Crippen LogP contribution is -2.58. The van der Waals surface area contributed by atoms with Crippen molar-refractivity contribution in [3.05, 3.63) is 48.0 Å². The Morgan fingerprint density at radius 3 is 2.08 bits per heavy atom. The molecule has 0 saturated carbocycles. The van der Waals surface area contributed by atoms with Crippen LogP contribution in [0.4, 0.5) is 0 Å². The van der Waals surface area contributed by atoms with E-state index >= 15 is 0 Å². The van der Waals surface area contributed by atoms with Crippen molar-refractivity contribution < 1.29 is 39.3 Å². The Labute approximate surface area is 229 Å². The van der Waals surface area contributed by atoms with Gasteiger partial charge in [0.05, 0.1) is 18.8 Å². The van der Waals surface area contributed by atoms with Gasteiger partial charge in [0.2, 0.25) is 17.7 Å². The number of nitrogens with one attached hydrogen (secondary N) is 4. The Balaban J connectivity index is 2.16. The maximum absolute atomic E-state index is 13.2. The molecular formula is C25H35N7O8. The van der Waals surface area contributed by atoms with Crippen LogP contribution in [0.15, 0.2) is 36.8 Å². The maximum atomic E-state index is 13.2. The number of carboxylic acid groups (broad SMARTS) is 2. The number of nitrogens with zero attached hydrogens (tertiary/aromatic N) is 1. The molecule has 0 radical (unpaired) electrons. The first kappa shape index (κ1) is 31.7. The molecule has 2 aromatic rings. The number of carboxylic acids is 2. The van der Waals surface area contributed by atoms with E-state index in [1.807, 2.05) is 0 Å². The Bertz CT molecular complexity index is 1140. The number of hydrogen-bond acceptors (Lipinski definition) is 9. The van der Waals surface area contributed by atoms with E-state index in [0.29, 0.717) is 30.6 Å². The Morgan fingerprint density at radius 1 is 0.875 bits per heavy atom. The van der Waals surface area contributed by atoms with Crippen LogP contribution in [-0.2, 0) is 36.8 Å². The van der Waals surface area contributed by atoms with E-state index < -0.39 is 60.2 Å². The monoisotopic (exact) mass is 561 g/mol. The number of benzene rings is 1. The zero-order valence-electron chi connectivity index (χ0n) is 21.7. The van der Waals surface area contributed by atoms with Crippen molar-refractivity contribution in [2.45, 2.75) is 62.7 Å². The van der Waals surface area contributed by atoms with Crippen LogP contribution in [0.1, 0.15) is 36.9 Å². The molecule has 4 atom stereocenters. The second-order valence-corrected chi connectivity index (χ2v) is 9.16. The smallest absolute Gasteiger partial charge is 0.326 e. The van der Waals surface area contributed by atoms with Gasteiger partial charge in [-0.3, -0.25) is 19.2 Å². The third-order valence-corrected chi connectivity index (χ3v) is 5.91. The van der Waals surface area contributed by atoms with E-state index in [1.54, 1.807) is 12.1 Å². The van der Waals surface area contributed by atoms with E-state index in [1.165, 1.54) is 24.7 Å². The highest BCUT2D eigenvalue weighted by Crippen LogP contribution is 2.11. The second kappa shape index (κ2) is 15.8. The van der Waals surface area contributed by atoms with Crippen LogP contribution in [0.3, 0.4) is 0 Å². The highest BCUT2D eigenvalue weighted by atomic mass is 16.4. The van der Waals surface area contributed by atoms with Gasteiger partial charge in [-0.05, 0) is 49.9 Å². The van der Waals surface area contributed by atoms with Crippen LogP contribution in [0.25, 0.3) is 0 Å². The van der Waals surface area contributed by atoms with E-state index in [0.717, 1.165) is 0 Å². The summed E-state index contributed by atoms with van der Waals surface area (Å²) in [6, 6.07) is 0.746. The molecule has 11 N–H and O–H groups in total. The minimum Gasteiger partial charge on any atom is -0.508 e. The largest absolute Gasteiger partial charge is 0.508 e. The number of carbonyl (C=O) groups is 5. The molecule has 15 nitrogen and oxygen atoms in total. The number of amides is 3. The predicted octanol–water partition coefficient (Wildman–Crippen LogP) is -1.63. The molecule has 0 aliphatic heterocycles. The molecule has 0 aliphatic carbocycles. The SMILES string of the molecule is NCCCCC(NC(=O)C(CC(=O)O)NC(=O)C(Cc1cnc[nH]1)NC(=O)C(N)Cc1ccc(O)cc1)C(=O)O. The third-order valence-electron chi connectivity index (χ3n) is 5.91. The molecule has 40 heavy (non-hydrogen) atoms. The standard InChI is InChI=1S/C25H35N7O8/c26-8-2-1-3-18(25(39)40)30-24(38)20(11-21(34)35)32-23(37)19(10-15-12-28-13-29-15)31-22(36)17(27)9-14-4-6-16(33)7-5-14/h4-7,12-13,17-20,33H,1-3,8-11,26-27H2,(H,28,29)(H,30,38)(H,31,36)(H,32,37)(H,34,35)(H,39,40). The van der Waals surface area contributed by atoms with Crippen molar-refractivity contribution in [3.63, 3.8) is 0 Å². The van der Waals surface area contributed by atoms with Gasteiger partial charge in [0.15, 0.2) is 0 Å². The summed E-state index contributed by atoms with van der Waals surface area (Å²) < 4.78 is 0. The zero-order valence-corrected chi connectivity index (χ0v) is 21.7. The quantitative estimate of drug-likeness (QED) is 0.0990. The second-order valence-electron chi connectivity index (χ2n) is 9.16. The van der Waals surface area contributed by atoms with E-state index in [2.05, 4.69) is 25.9 Å². The summed E-state index contributed by atoms with van der Waals surface area (Å²) in [6.45, 7) is 0.333. The number of H-pyrrole nitrogens is 1. The number of hydrogen-bond donors (Lipinski definition) is 9. The summed E-state index contributed by atoms with van der Waals surface area (Å²) in [6.07, 6.45) is 2.94. The fraction of sp³-hybridized carbons (Fsp3) is 0.440. The fourth-order valence-corrected chi connectivity index (χ4v) is 3.76. The van der Waals surface area contributed by atoms with Crippen molar-refractivity contribution in [2.24, 2.45) is 11.5 Å². The Hall–Kier alpha value is -4.50. The van der Waals surface area contributed by atoms with Crippen LogP contribution in [0.5, 0.6) is 5.75 Å². The molecule has 0 fully saturated rings. The number of unbranched alkanes of at least 4 members (excludes halogenated alkanes) is 1. The molecular weight excluding hydrogens is 526 g/mol. The minimum absolute atomic E-state index is 0.0447. The highest BCUT2D eigenvalue weighted by molar-refractivity contribution is 5.95. The van der Waals surface area contributed by atoms with Crippen LogP contribution in [0, 0.1) is 0 Å². The molecule has 1 aromatic heterocycles. The zero-order chi connectivity index (χ0) is 29.7. The van der Waals surface area contributed by atoms with Crippen LogP contribution < -0.4 is 27.4 Å². The molecule has 4 unspecified atom stereocenters. The van der Waals surface area contributed by atoms with E-state index in [4.69, 9.17) is 11.5 Å². The number of aromatic amines is 1. The summed E-state index contributed by atoms with van der Waals surface area (Å²) in [4.78, 5) is 68.6. The molecule has 2 rings (SSSR count). The molecule has 0 saturated heterocycles. The average molecular weight is 562 g/mol. The van der Waals surface area contributed by atoms with Crippen molar-refractivity contribution in [1.29, 1.82) is 0 Å². The predicted molar refractivity (Wildman–Crippen MR) is 141 cm³/mol. The number of phenols is 1. The van der Waals surface area contributed by atoms with Crippen molar-refractivity contribution in [2.75, 3.05) is 6.54 Å². The summed E-state index contributed by atoms with van der Waals surface area (Å²) in [5.41, 5.74) is 12.6. The van der Waals surface area contributed by atoms with Gasteiger partial charge in [0.25, 0.3) is 0 Å². The number of nitrogens with two attached hydrogens (primary N) is 2. The Kier molecular flexibility index (Phi) is 12.5. The number of aromatic nitrogens is 2. The first-order valence-corrected chi connectivity index (χ1v) is 12.6. The number of phenolic OH excluding ortho intramolecular Hbond substituents is 1. The van der Waals surface area contributed by atoms with E-state index in [9.17, 15) is 39.3 Å². The first-order chi connectivity index (χ1) is 19.0. The Morgan fingerprint density at radius 2 is 1.50 bits per heavy atom. The van der Waals surface area contributed by atoms with Crippen LogP contribution in [0.2, 0.25) is 0 Å². The van der Waals surface area contributed by atoms with Gasteiger partial charge in [-0.1, -0.05) is 12.1 Å². The van der Waals surface area contributed by atoms with Gasteiger partial charge in [-0.25, -0.2) is 9.78 Å². The van der Waals surface area contributed by atoms with Gasteiger partial charge in [-0.15, -0.1) is 0 Å². The van der Waals surface area contributed by atoms with Crippen LogP contribution in [-0.4, -0.2) is 85.7 Å². The van der Waals surface area contributed by atoms with E-state index in [-0.39, 0.29) is 25.0 Å².